The van der Waals surface area contributed by atoms with Crippen molar-refractivity contribution in [1.29, 1.82) is 0 Å². The molecule has 1 amide bonds. The summed E-state index contributed by atoms with van der Waals surface area (Å²) >= 11 is 5.85. The molecule has 0 saturated carbocycles. The number of unbranched alkanes of at least 4 members (excludes halogenated alkanes) is 2. The Morgan fingerprint density at radius 1 is 1.44 bits per heavy atom. The van der Waals surface area contributed by atoms with Crippen molar-refractivity contribution in [3.8, 4) is 5.88 Å². The predicted molar refractivity (Wildman–Crippen MR) is 72.3 cm³/mol. The molecule has 5 heteroatoms. The van der Waals surface area contributed by atoms with Crippen LogP contribution >= 0.6 is 11.6 Å². The summed E-state index contributed by atoms with van der Waals surface area (Å²) in [6.07, 6.45) is 4.67. The first kappa shape index (κ1) is 14.8. The average Bonchev–Trinajstić information content (AvgIpc) is 2.36. The number of carbonyl (C=O) groups is 1. The second-order valence-electron chi connectivity index (χ2n) is 3.92. The first-order valence-corrected chi connectivity index (χ1v) is 6.63. The fraction of sp³-hybridized carbons (Fsp3) is 0.538. The Labute approximate surface area is 113 Å². The SMILES string of the molecule is CCCCCOc1ncc(Cl)cc1C(=O)NCC. The molecule has 0 atom stereocenters. The quantitative estimate of drug-likeness (QED) is 0.775. The highest BCUT2D eigenvalue weighted by Gasteiger charge is 2.14. The van der Waals surface area contributed by atoms with Crippen LogP contribution < -0.4 is 10.1 Å². The monoisotopic (exact) mass is 270 g/mol. The molecule has 1 heterocycles. The lowest BCUT2D eigenvalue weighted by Gasteiger charge is -2.10. The summed E-state index contributed by atoms with van der Waals surface area (Å²) in [5.41, 5.74) is 0.390. The highest BCUT2D eigenvalue weighted by atomic mass is 35.5. The van der Waals surface area contributed by atoms with Crippen LogP contribution in [0.5, 0.6) is 5.88 Å². The Kier molecular flexibility index (Phi) is 6.50. The minimum atomic E-state index is -0.210. The van der Waals surface area contributed by atoms with E-state index in [4.69, 9.17) is 16.3 Å². The van der Waals surface area contributed by atoms with E-state index in [0.29, 0.717) is 29.6 Å². The molecule has 1 rings (SSSR count). The van der Waals surface area contributed by atoms with Crippen LogP contribution in [0.1, 0.15) is 43.5 Å². The molecule has 0 aliphatic carbocycles. The second kappa shape index (κ2) is 7.93. The topological polar surface area (TPSA) is 51.2 Å². The van der Waals surface area contributed by atoms with Crippen molar-refractivity contribution in [2.24, 2.45) is 0 Å². The standard InChI is InChI=1S/C13H19ClN2O2/c1-3-5-6-7-18-13-11(12(17)15-4-2)8-10(14)9-16-13/h8-9H,3-7H2,1-2H3,(H,15,17). The van der Waals surface area contributed by atoms with E-state index in [0.717, 1.165) is 19.3 Å². The summed E-state index contributed by atoms with van der Waals surface area (Å²) in [5.74, 6) is 0.138. The highest BCUT2D eigenvalue weighted by molar-refractivity contribution is 6.30. The number of rotatable bonds is 7. The summed E-state index contributed by atoms with van der Waals surface area (Å²) in [7, 11) is 0. The van der Waals surface area contributed by atoms with Crippen LogP contribution in [0, 0.1) is 0 Å². The third-order valence-electron chi connectivity index (χ3n) is 2.39. The molecule has 0 bridgehead atoms. The van der Waals surface area contributed by atoms with Crippen molar-refractivity contribution in [2.75, 3.05) is 13.2 Å². The number of halogens is 1. The Bertz CT molecular complexity index is 397. The van der Waals surface area contributed by atoms with Crippen LogP contribution in [0.4, 0.5) is 0 Å². The molecule has 0 aliphatic heterocycles. The van der Waals surface area contributed by atoms with Crippen LogP contribution in [-0.2, 0) is 0 Å². The van der Waals surface area contributed by atoms with Gasteiger partial charge >= 0.3 is 0 Å². The molecule has 1 N–H and O–H groups in total. The predicted octanol–water partition coefficient (Wildman–Crippen LogP) is 3.05. The fourth-order valence-corrected chi connectivity index (χ4v) is 1.64. The van der Waals surface area contributed by atoms with Gasteiger partial charge in [-0.05, 0) is 19.4 Å². The Hall–Kier alpha value is -1.29. The first-order valence-electron chi connectivity index (χ1n) is 6.25. The minimum absolute atomic E-state index is 0.210. The minimum Gasteiger partial charge on any atom is -0.477 e. The van der Waals surface area contributed by atoms with Gasteiger partial charge in [0.1, 0.15) is 5.56 Å². The van der Waals surface area contributed by atoms with E-state index in [9.17, 15) is 4.79 Å². The van der Waals surface area contributed by atoms with Gasteiger partial charge in [-0.1, -0.05) is 31.4 Å². The molecular weight excluding hydrogens is 252 g/mol. The van der Waals surface area contributed by atoms with Gasteiger partial charge in [0.15, 0.2) is 0 Å². The number of ether oxygens (including phenoxy) is 1. The summed E-state index contributed by atoms with van der Waals surface area (Å²) in [4.78, 5) is 15.9. The second-order valence-corrected chi connectivity index (χ2v) is 4.36. The molecule has 18 heavy (non-hydrogen) atoms. The van der Waals surface area contributed by atoms with Crippen molar-refractivity contribution in [3.05, 3.63) is 22.8 Å². The van der Waals surface area contributed by atoms with E-state index in [1.54, 1.807) is 6.07 Å². The molecule has 0 aliphatic rings. The van der Waals surface area contributed by atoms with E-state index in [1.165, 1.54) is 6.20 Å². The number of nitrogens with one attached hydrogen (secondary N) is 1. The highest BCUT2D eigenvalue weighted by Crippen LogP contribution is 2.19. The number of aromatic nitrogens is 1. The number of nitrogens with zero attached hydrogens (tertiary/aromatic N) is 1. The number of hydrogen-bond donors (Lipinski definition) is 1. The normalized spacial score (nSPS) is 10.2. The average molecular weight is 271 g/mol. The molecule has 0 unspecified atom stereocenters. The Morgan fingerprint density at radius 3 is 2.89 bits per heavy atom. The van der Waals surface area contributed by atoms with Crippen LogP contribution in [0.2, 0.25) is 5.02 Å². The van der Waals surface area contributed by atoms with E-state index >= 15 is 0 Å². The van der Waals surface area contributed by atoms with E-state index in [-0.39, 0.29) is 5.91 Å². The van der Waals surface area contributed by atoms with Gasteiger partial charge in [-0.15, -0.1) is 0 Å². The Balaban J connectivity index is 2.73. The molecule has 0 spiro atoms. The van der Waals surface area contributed by atoms with Crippen molar-refractivity contribution in [2.45, 2.75) is 33.1 Å². The first-order chi connectivity index (χ1) is 8.69. The maximum Gasteiger partial charge on any atom is 0.256 e. The molecule has 1 aromatic heterocycles. The maximum atomic E-state index is 11.8. The van der Waals surface area contributed by atoms with Crippen molar-refractivity contribution >= 4 is 17.5 Å². The van der Waals surface area contributed by atoms with Crippen molar-refractivity contribution < 1.29 is 9.53 Å². The molecule has 0 radical (unpaired) electrons. The maximum absolute atomic E-state index is 11.8. The van der Waals surface area contributed by atoms with Gasteiger partial charge in [0.05, 0.1) is 11.6 Å². The summed E-state index contributed by atoms with van der Waals surface area (Å²) in [6.45, 7) is 5.10. The summed E-state index contributed by atoms with van der Waals surface area (Å²) < 4.78 is 5.53. The molecule has 0 fully saturated rings. The number of amides is 1. The number of pyridine rings is 1. The zero-order chi connectivity index (χ0) is 13.4. The van der Waals surface area contributed by atoms with Gasteiger partial charge in [-0.3, -0.25) is 4.79 Å². The largest absolute Gasteiger partial charge is 0.477 e. The van der Waals surface area contributed by atoms with E-state index in [1.807, 2.05) is 6.92 Å². The van der Waals surface area contributed by atoms with Crippen molar-refractivity contribution in [3.63, 3.8) is 0 Å². The van der Waals surface area contributed by atoms with Crippen LogP contribution in [-0.4, -0.2) is 24.0 Å². The lowest BCUT2D eigenvalue weighted by molar-refractivity contribution is 0.0950. The van der Waals surface area contributed by atoms with Crippen LogP contribution in [0.15, 0.2) is 12.3 Å². The zero-order valence-corrected chi connectivity index (χ0v) is 11.6. The van der Waals surface area contributed by atoms with E-state index < -0.39 is 0 Å². The molecule has 100 valence electrons. The zero-order valence-electron chi connectivity index (χ0n) is 10.8. The van der Waals surface area contributed by atoms with Gasteiger partial charge in [-0.2, -0.15) is 0 Å². The number of carbonyl (C=O) groups excluding carboxylic acids is 1. The van der Waals surface area contributed by atoms with Crippen LogP contribution in [0.25, 0.3) is 0 Å². The fourth-order valence-electron chi connectivity index (χ4n) is 1.48. The number of hydrogen-bond acceptors (Lipinski definition) is 3. The molecule has 0 saturated heterocycles. The smallest absolute Gasteiger partial charge is 0.256 e. The third kappa shape index (κ3) is 4.53. The summed E-state index contributed by atoms with van der Waals surface area (Å²) in [6, 6.07) is 1.58. The third-order valence-corrected chi connectivity index (χ3v) is 2.59. The molecule has 0 aromatic carbocycles. The molecule has 4 nitrogen and oxygen atoms in total. The van der Waals surface area contributed by atoms with E-state index in [2.05, 4.69) is 17.2 Å². The lowest BCUT2D eigenvalue weighted by atomic mass is 10.2. The van der Waals surface area contributed by atoms with Gasteiger partial charge in [0.2, 0.25) is 5.88 Å². The Morgan fingerprint density at radius 2 is 2.22 bits per heavy atom. The van der Waals surface area contributed by atoms with Gasteiger partial charge < -0.3 is 10.1 Å². The molecular formula is C13H19ClN2O2. The molecule has 1 aromatic rings. The van der Waals surface area contributed by atoms with Gasteiger partial charge in [0.25, 0.3) is 5.91 Å². The summed E-state index contributed by atoms with van der Waals surface area (Å²) in [5, 5.41) is 3.14. The van der Waals surface area contributed by atoms with Gasteiger partial charge in [-0.25, -0.2) is 4.98 Å². The van der Waals surface area contributed by atoms with Crippen molar-refractivity contribution in [1.82, 2.24) is 10.3 Å². The lowest BCUT2D eigenvalue weighted by Crippen LogP contribution is -2.23. The van der Waals surface area contributed by atoms with Crippen LogP contribution in [0.3, 0.4) is 0 Å². The van der Waals surface area contributed by atoms with Gasteiger partial charge in [0, 0.05) is 12.7 Å².